The second-order valence-corrected chi connectivity index (χ2v) is 6.51. The van der Waals surface area contributed by atoms with Crippen LogP contribution in [0.15, 0.2) is 0 Å². The van der Waals surface area contributed by atoms with E-state index in [-0.39, 0.29) is 30.4 Å². The molecular weight excluding hydrogens is 244 g/mol. The first-order valence-corrected chi connectivity index (χ1v) is 6.76. The third-order valence-corrected chi connectivity index (χ3v) is 4.67. The van der Waals surface area contributed by atoms with E-state index in [0.717, 1.165) is 0 Å². The minimum atomic E-state index is -0.228. The maximum atomic E-state index is 11.1. The number of esters is 1. The summed E-state index contributed by atoms with van der Waals surface area (Å²) >= 11 is -0.228. The van der Waals surface area contributed by atoms with E-state index in [2.05, 4.69) is 4.97 Å². The van der Waals surface area contributed by atoms with Crippen molar-refractivity contribution in [3.63, 3.8) is 0 Å². The molecule has 0 aliphatic rings. The van der Waals surface area contributed by atoms with Gasteiger partial charge in [-0.15, -0.1) is 0 Å². The van der Waals surface area contributed by atoms with Gasteiger partial charge in [0.05, 0.1) is 0 Å². The standard InChI is InChI=1S/C7H14O2Te/c1-5-9-6(8)7(2,3)10-4/h5H2,1-4H3/q+1. The Hall–Kier alpha value is 0.260. The van der Waals surface area contributed by atoms with Crippen molar-refractivity contribution in [1.82, 2.24) is 0 Å². The van der Waals surface area contributed by atoms with E-state index in [1.807, 2.05) is 20.8 Å². The summed E-state index contributed by atoms with van der Waals surface area (Å²) in [7, 11) is 0. The van der Waals surface area contributed by atoms with Gasteiger partial charge in [-0.3, -0.25) is 0 Å². The van der Waals surface area contributed by atoms with Crippen molar-refractivity contribution in [2.75, 3.05) is 6.61 Å². The second-order valence-electron chi connectivity index (χ2n) is 2.43. The topological polar surface area (TPSA) is 26.3 Å². The van der Waals surface area contributed by atoms with E-state index in [9.17, 15) is 4.79 Å². The summed E-state index contributed by atoms with van der Waals surface area (Å²) in [5.41, 5.74) is 0. The van der Waals surface area contributed by atoms with Gasteiger partial charge in [-0.2, -0.15) is 0 Å². The number of hydrogen-bond acceptors (Lipinski definition) is 2. The summed E-state index contributed by atoms with van der Waals surface area (Å²) < 4.78 is 4.71. The van der Waals surface area contributed by atoms with Gasteiger partial charge in [-0.25, -0.2) is 0 Å². The molecule has 0 aromatic heterocycles. The maximum absolute atomic E-state index is 11.1. The molecule has 0 saturated carbocycles. The van der Waals surface area contributed by atoms with Crippen molar-refractivity contribution in [2.24, 2.45) is 0 Å². The van der Waals surface area contributed by atoms with Crippen LogP contribution in [0.4, 0.5) is 0 Å². The first-order valence-electron chi connectivity index (χ1n) is 3.27. The molecule has 0 aliphatic heterocycles. The molecule has 0 amide bonds. The van der Waals surface area contributed by atoms with Gasteiger partial charge in [0.25, 0.3) is 0 Å². The molecule has 0 aromatic carbocycles. The van der Waals surface area contributed by atoms with E-state index in [4.69, 9.17) is 4.74 Å². The fraction of sp³-hybridized carbons (Fsp3) is 0.857. The molecule has 0 fully saturated rings. The molecular formula is C7H14O2Te+. The molecule has 3 heteroatoms. The van der Waals surface area contributed by atoms with Crippen molar-refractivity contribution >= 4 is 26.9 Å². The van der Waals surface area contributed by atoms with Crippen LogP contribution in [0.25, 0.3) is 0 Å². The molecule has 0 bridgehead atoms. The molecule has 10 heavy (non-hydrogen) atoms. The summed E-state index contributed by atoms with van der Waals surface area (Å²) in [4.78, 5) is 13.2. The fourth-order valence-corrected chi connectivity index (χ4v) is 1.03. The molecule has 0 N–H and O–H groups in total. The van der Waals surface area contributed by atoms with E-state index in [1.165, 1.54) is 0 Å². The average Bonchev–Trinajstić information content (AvgIpc) is 1.89. The van der Waals surface area contributed by atoms with Crippen LogP contribution in [0.3, 0.4) is 0 Å². The van der Waals surface area contributed by atoms with Crippen molar-refractivity contribution in [2.45, 2.75) is 29.2 Å². The zero-order valence-corrected chi connectivity index (χ0v) is 9.26. The average molecular weight is 258 g/mol. The van der Waals surface area contributed by atoms with Gasteiger partial charge < -0.3 is 0 Å². The van der Waals surface area contributed by atoms with Crippen molar-refractivity contribution < 1.29 is 9.53 Å². The van der Waals surface area contributed by atoms with Crippen LogP contribution in [0, 0.1) is 0 Å². The van der Waals surface area contributed by atoms with Gasteiger partial charge in [-0.05, 0) is 0 Å². The molecule has 1 radical (unpaired) electrons. The van der Waals surface area contributed by atoms with Crippen LogP contribution in [0.2, 0.25) is 8.43 Å². The molecule has 0 rings (SSSR count). The van der Waals surface area contributed by atoms with Gasteiger partial charge in [-0.1, -0.05) is 0 Å². The molecule has 0 saturated heterocycles. The Morgan fingerprint density at radius 1 is 1.60 bits per heavy atom. The SMILES string of the molecule is CCOC(=O)C(C)(C)[Te+]C. The van der Waals surface area contributed by atoms with Crippen molar-refractivity contribution in [3.05, 3.63) is 0 Å². The Balaban J connectivity index is 3.91. The third kappa shape index (κ3) is 2.90. The molecule has 2 nitrogen and oxygen atoms in total. The van der Waals surface area contributed by atoms with Crippen molar-refractivity contribution in [3.8, 4) is 0 Å². The number of ether oxygens (including phenoxy) is 1. The van der Waals surface area contributed by atoms with Crippen LogP contribution in [0.1, 0.15) is 20.8 Å². The molecule has 0 spiro atoms. The molecule has 0 unspecified atom stereocenters. The Morgan fingerprint density at radius 3 is 2.40 bits per heavy atom. The zero-order valence-electron chi connectivity index (χ0n) is 6.93. The van der Waals surface area contributed by atoms with Crippen LogP contribution in [-0.2, 0) is 9.53 Å². The van der Waals surface area contributed by atoms with Crippen LogP contribution < -0.4 is 0 Å². The predicted molar refractivity (Wildman–Crippen MR) is 42.3 cm³/mol. The van der Waals surface area contributed by atoms with Gasteiger partial charge in [0.1, 0.15) is 0 Å². The van der Waals surface area contributed by atoms with Gasteiger partial charge in [0.15, 0.2) is 0 Å². The number of carbonyl (C=O) groups is 1. The molecule has 0 aliphatic carbocycles. The third-order valence-electron chi connectivity index (χ3n) is 1.28. The van der Waals surface area contributed by atoms with Gasteiger partial charge in [0, 0.05) is 0 Å². The van der Waals surface area contributed by atoms with Gasteiger partial charge >= 0.3 is 72.2 Å². The van der Waals surface area contributed by atoms with Crippen molar-refractivity contribution in [1.29, 1.82) is 0 Å². The molecule has 59 valence electrons. The first-order chi connectivity index (χ1) is 4.54. The molecule has 0 atom stereocenters. The Kier molecular flexibility index (Phi) is 4.31. The summed E-state index contributed by atoms with van der Waals surface area (Å²) in [6, 6.07) is 0. The number of rotatable bonds is 3. The van der Waals surface area contributed by atoms with Crippen LogP contribution in [-0.4, -0.2) is 33.5 Å². The fourth-order valence-electron chi connectivity index (χ4n) is 0.388. The van der Waals surface area contributed by atoms with Crippen LogP contribution >= 0.6 is 0 Å². The van der Waals surface area contributed by atoms with E-state index in [1.54, 1.807) is 0 Å². The van der Waals surface area contributed by atoms with Crippen LogP contribution in [0.5, 0.6) is 0 Å². The second kappa shape index (κ2) is 4.20. The summed E-state index contributed by atoms with van der Waals surface area (Å²) in [6.45, 7) is 6.24. The number of hydrogen-bond donors (Lipinski definition) is 0. The van der Waals surface area contributed by atoms with E-state index < -0.39 is 0 Å². The Bertz CT molecular complexity index is 121. The quantitative estimate of drug-likeness (QED) is 0.566. The number of carbonyl (C=O) groups excluding carboxylic acids is 1. The summed E-state index contributed by atoms with van der Waals surface area (Å²) in [5, 5.41) is 0. The monoisotopic (exact) mass is 260 g/mol. The minimum absolute atomic E-state index is 0.0418. The first kappa shape index (κ1) is 10.3. The Labute approximate surface area is 72.4 Å². The molecule has 0 heterocycles. The molecule has 0 aromatic rings. The predicted octanol–water partition coefficient (Wildman–Crippen LogP) is 1.50. The Morgan fingerprint density at radius 2 is 2.10 bits per heavy atom. The zero-order chi connectivity index (χ0) is 8.20. The van der Waals surface area contributed by atoms with E-state index in [0.29, 0.717) is 6.61 Å². The normalized spacial score (nSPS) is 11.2. The summed E-state index contributed by atoms with van der Waals surface area (Å²) in [6.07, 6.45) is 0. The van der Waals surface area contributed by atoms with E-state index >= 15 is 0 Å². The van der Waals surface area contributed by atoms with Gasteiger partial charge in [0.2, 0.25) is 0 Å². The summed E-state index contributed by atoms with van der Waals surface area (Å²) in [5.74, 6) is -0.0418.